The molecule has 0 aliphatic heterocycles. The Hall–Kier alpha value is -0.830. The summed E-state index contributed by atoms with van der Waals surface area (Å²) < 4.78 is 0. The molecule has 3 nitrogen and oxygen atoms in total. The van der Waals surface area contributed by atoms with Crippen LogP contribution in [0.3, 0.4) is 0 Å². The lowest BCUT2D eigenvalue weighted by molar-refractivity contribution is -0.121. The molecule has 0 aliphatic carbocycles. The lowest BCUT2D eigenvalue weighted by Crippen LogP contribution is -2.38. The Labute approximate surface area is 61.3 Å². The Balaban J connectivity index is 3.50. The van der Waals surface area contributed by atoms with Crippen molar-refractivity contribution in [3.63, 3.8) is 0 Å². The van der Waals surface area contributed by atoms with Crippen LogP contribution >= 0.6 is 0 Å². The van der Waals surface area contributed by atoms with Crippen LogP contribution in [0.4, 0.5) is 0 Å². The molecule has 0 fully saturated rings. The fraction of sp³-hybridized carbons (Fsp3) is 0.571. The summed E-state index contributed by atoms with van der Waals surface area (Å²) in [5.41, 5.74) is 5.45. The number of nitrogens with one attached hydrogen (secondary N) is 1. The molecule has 0 saturated heterocycles. The summed E-state index contributed by atoms with van der Waals surface area (Å²) in [6.45, 7) is 3.53. The lowest BCUT2D eigenvalue weighted by atomic mass is 10.1. The van der Waals surface area contributed by atoms with E-state index in [0.29, 0.717) is 6.42 Å². The highest BCUT2D eigenvalue weighted by atomic mass is 16.2. The van der Waals surface area contributed by atoms with Crippen molar-refractivity contribution in [2.24, 2.45) is 5.73 Å². The van der Waals surface area contributed by atoms with Gasteiger partial charge in [-0.05, 0) is 12.8 Å². The van der Waals surface area contributed by atoms with Gasteiger partial charge >= 0.3 is 0 Å². The average molecular weight is 142 g/mol. The highest BCUT2D eigenvalue weighted by Gasteiger charge is 2.08. The molecule has 0 aliphatic rings. The van der Waals surface area contributed by atoms with Crippen LogP contribution in [-0.4, -0.2) is 19.0 Å². The lowest BCUT2D eigenvalue weighted by Gasteiger charge is -2.06. The number of allylic oxidation sites excluding steroid dienone is 1. The Morgan fingerprint density at radius 1 is 1.90 bits per heavy atom. The van der Waals surface area contributed by atoms with E-state index < -0.39 is 0 Å². The zero-order valence-corrected chi connectivity index (χ0v) is 6.26. The minimum absolute atomic E-state index is 0.109. The van der Waals surface area contributed by atoms with Crippen LogP contribution in [0.15, 0.2) is 12.7 Å². The number of nitrogens with two attached hydrogens (primary N) is 1. The van der Waals surface area contributed by atoms with Crippen molar-refractivity contribution < 1.29 is 4.79 Å². The molecule has 0 bridgehead atoms. The van der Waals surface area contributed by atoms with Gasteiger partial charge in [-0.2, -0.15) is 0 Å². The highest BCUT2D eigenvalue weighted by molar-refractivity contribution is 5.81. The maximum absolute atomic E-state index is 10.7. The first kappa shape index (κ1) is 9.17. The molecule has 58 valence electrons. The summed E-state index contributed by atoms with van der Waals surface area (Å²) in [7, 11) is 1.58. The largest absolute Gasteiger partial charge is 0.358 e. The quantitative estimate of drug-likeness (QED) is 0.544. The second-order valence-corrected chi connectivity index (χ2v) is 2.09. The van der Waals surface area contributed by atoms with Gasteiger partial charge in [-0.15, -0.1) is 6.58 Å². The van der Waals surface area contributed by atoms with E-state index in [1.165, 1.54) is 0 Å². The number of carbonyl (C=O) groups excluding carboxylic acids is 1. The smallest absolute Gasteiger partial charge is 0.236 e. The first-order valence-electron chi connectivity index (χ1n) is 3.30. The van der Waals surface area contributed by atoms with Crippen LogP contribution in [0, 0.1) is 0 Å². The van der Waals surface area contributed by atoms with Crippen molar-refractivity contribution >= 4 is 5.91 Å². The maximum Gasteiger partial charge on any atom is 0.236 e. The van der Waals surface area contributed by atoms with E-state index in [9.17, 15) is 4.79 Å². The topological polar surface area (TPSA) is 55.1 Å². The molecule has 0 saturated carbocycles. The highest BCUT2D eigenvalue weighted by Crippen LogP contribution is 1.93. The molecule has 1 unspecified atom stereocenters. The molecule has 10 heavy (non-hydrogen) atoms. The molecule has 0 aromatic heterocycles. The Kier molecular flexibility index (Phi) is 4.58. The third-order valence-corrected chi connectivity index (χ3v) is 1.26. The molecule has 0 heterocycles. The molecule has 0 aromatic rings. The van der Waals surface area contributed by atoms with Crippen LogP contribution in [0.25, 0.3) is 0 Å². The van der Waals surface area contributed by atoms with Crippen molar-refractivity contribution in [1.82, 2.24) is 5.32 Å². The monoisotopic (exact) mass is 142 g/mol. The fourth-order valence-electron chi connectivity index (χ4n) is 0.614. The molecule has 3 heteroatoms. The van der Waals surface area contributed by atoms with E-state index in [4.69, 9.17) is 5.73 Å². The molecular formula is C7H14N2O. The van der Waals surface area contributed by atoms with E-state index in [-0.39, 0.29) is 11.9 Å². The summed E-state index contributed by atoms with van der Waals surface area (Å²) in [6.07, 6.45) is 3.21. The van der Waals surface area contributed by atoms with Crippen LogP contribution in [0.1, 0.15) is 12.8 Å². The predicted octanol–water partition coefficient (Wildman–Crippen LogP) is 0.0259. The molecule has 0 spiro atoms. The third kappa shape index (κ3) is 3.25. The normalized spacial score (nSPS) is 12.2. The SMILES string of the molecule is C=CCCC(N)C(=O)NC. The van der Waals surface area contributed by atoms with Crippen molar-refractivity contribution in [3.05, 3.63) is 12.7 Å². The minimum atomic E-state index is -0.386. The van der Waals surface area contributed by atoms with E-state index in [1.807, 2.05) is 0 Å². The van der Waals surface area contributed by atoms with E-state index in [2.05, 4.69) is 11.9 Å². The third-order valence-electron chi connectivity index (χ3n) is 1.26. The second-order valence-electron chi connectivity index (χ2n) is 2.09. The van der Waals surface area contributed by atoms with Gasteiger partial charge in [0.05, 0.1) is 6.04 Å². The Bertz CT molecular complexity index is 123. The maximum atomic E-state index is 10.7. The first-order valence-corrected chi connectivity index (χ1v) is 3.30. The molecule has 1 amide bonds. The van der Waals surface area contributed by atoms with Crippen molar-refractivity contribution in [3.8, 4) is 0 Å². The van der Waals surface area contributed by atoms with Gasteiger partial charge < -0.3 is 11.1 Å². The van der Waals surface area contributed by atoms with Gasteiger partial charge in [0.1, 0.15) is 0 Å². The number of hydrogen-bond donors (Lipinski definition) is 2. The van der Waals surface area contributed by atoms with E-state index in [0.717, 1.165) is 6.42 Å². The molecule has 0 aromatic carbocycles. The van der Waals surface area contributed by atoms with Gasteiger partial charge in [-0.1, -0.05) is 6.08 Å². The van der Waals surface area contributed by atoms with Crippen LogP contribution in [-0.2, 0) is 4.79 Å². The van der Waals surface area contributed by atoms with Crippen molar-refractivity contribution in [2.75, 3.05) is 7.05 Å². The van der Waals surface area contributed by atoms with Gasteiger partial charge in [0.15, 0.2) is 0 Å². The van der Waals surface area contributed by atoms with E-state index in [1.54, 1.807) is 13.1 Å². The Morgan fingerprint density at radius 2 is 2.50 bits per heavy atom. The molecule has 3 N–H and O–H groups in total. The zero-order chi connectivity index (χ0) is 7.98. The summed E-state index contributed by atoms with van der Waals surface area (Å²) >= 11 is 0. The van der Waals surface area contributed by atoms with Crippen LogP contribution < -0.4 is 11.1 Å². The van der Waals surface area contributed by atoms with Gasteiger partial charge in [-0.25, -0.2) is 0 Å². The van der Waals surface area contributed by atoms with Crippen LogP contribution in [0.2, 0.25) is 0 Å². The van der Waals surface area contributed by atoms with Gasteiger partial charge in [0, 0.05) is 7.05 Å². The number of hydrogen-bond acceptors (Lipinski definition) is 2. The molecule has 0 rings (SSSR count). The fourth-order valence-corrected chi connectivity index (χ4v) is 0.614. The van der Waals surface area contributed by atoms with E-state index >= 15 is 0 Å². The standard InChI is InChI=1S/C7H14N2O/c1-3-4-5-6(8)7(10)9-2/h3,6H,1,4-5,8H2,2H3,(H,9,10). The zero-order valence-electron chi connectivity index (χ0n) is 6.26. The van der Waals surface area contributed by atoms with Crippen molar-refractivity contribution in [2.45, 2.75) is 18.9 Å². The van der Waals surface area contributed by atoms with Gasteiger partial charge in [0.25, 0.3) is 0 Å². The average Bonchev–Trinajstić information content (AvgIpc) is 1.98. The summed E-state index contributed by atoms with van der Waals surface area (Å²) in [6, 6.07) is -0.386. The van der Waals surface area contributed by atoms with Crippen molar-refractivity contribution in [1.29, 1.82) is 0 Å². The molecular weight excluding hydrogens is 128 g/mol. The predicted molar refractivity (Wildman–Crippen MR) is 41.5 cm³/mol. The van der Waals surface area contributed by atoms with Gasteiger partial charge in [0.2, 0.25) is 5.91 Å². The van der Waals surface area contributed by atoms with Gasteiger partial charge in [-0.3, -0.25) is 4.79 Å². The summed E-state index contributed by atoms with van der Waals surface area (Å²) in [5, 5.41) is 2.48. The number of rotatable bonds is 4. The molecule has 0 radical (unpaired) electrons. The number of carbonyl (C=O) groups is 1. The first-order chi connectivity index (χ1) is 4.72. The summed E-state index contributed by atoms with van der Waals surface area (Å²) in [4.78, 5) is 10.7. The summed E-state index contributed by atoms with van der Waals surface area (Å²) in [5.74, 6) is -0.109. The molecule has 1 atom stereocenters. The Morgan fingerprint density at radius 3 is 2.90 bits per heavy atom. The number of likely N-dealkylation sites (N-methyl/N-ethyl adjacent to an activating group) is 1. The minimum Gasteiger partial charge on any atom is -0.358 e. The second kappa shape index (κ2) is 4.99. The number of amides is 1. The van der Waals surface area contributed by atoms with Crippen LogP contribution in [0.5, 0.6) is 0 Å².